The first-order chi connectivity index (χ1) is 10.2. The maximum absolute atomic E-state index is 12.4. The number of rotatable bonds is 3. The van der Waals surface area contributed by atoms with E-state index < -0.39 is 21.4 Å². The Bertz CT molecular complexity index is 872. The summed E-state index contributed by atoms with van der Waals surface area (Å²) in [5.74, 6) is -0.887. The molecule has 1 aromatic carbocycles. The largest absolute Gasteiger partial charge is 0.534 e. The molecule has 22 heavy (non-hydrogen) atoms. The fraction of sp³-hybridized carbons (Fsp3) is 0.167. The van der Waals surface area contributed by atoms with Crippen LogP contribution >= 0.6 is 0 Å². The first-order valence-corrected chi connectivity index (χ1v) is 6.98. The molecule has 2 rings (SSSR count). The van der Waals surface area contributed by atoms with Crippen LogP contribution in [0, 0.1) is 11.3 Å². The number of methoxy groups -OCH3 is 1. The minimum Gasteiger partial charge on any atom is -0.493 e. The maximum Gasteiger partial charge on any atom is 0.534 e. The standard InChI is InChI=1S/C12H7F3N2O4S/c1-20-10-4-7-2-3-8(6-16)17-9(7)5-11(10)21-22(18,19)12(13,14)15/h2-5H,1H3. The molecule has 0 bridgehead atoms. The number of benzene rings is 1. The molecule has 0 aliphatic rings. The molecule has 0 radical (unpaired) electrons. The van der Waals surface area contributed by atoms with Crippen LogP contribution in [0.3, 0.4) is 0 Å². The zero-order valence-electron chi connectivity index (χ0n) is 10.9. The average molecular weight is 332 g/mol. The summed E-state index contributed by atoms with van der Waals surface area (Å²) in [5, 5.41) is 9.18. The van der Waals surface area contributed by atoms with E-state index in [0.29, 0.717) is 5.39 Å². The highest BCUT2D eigenvalue weighted by atomic mass is 32.2. The van der Waals surface area contributed by atoms with Crippen molar-refractivity contribution in [3.05, 3.63) is 30.0 Å². The zero-order valence-corrected chi connectivity index (χ0v) is 11.7. The number of hydrogen-bond acceptors (Lipinski definition) is 6. The molecule has 0 aliphatic carbocycles. The molecule has 1 aromatic heterocycles. The number of fused-ring (bicyclic) bond motifs is 1. The Kier molecular flexibility index (Phi) is 3.85. The van der Waals surface area contributed by atoms with Gasteiger partial charge in [-0.05, 0) is 18.2 Å². The molecule has 0 atom stereocenters. The summed E-state index contributed by atoms with van der Waals surface area (Å²) in [4.78, 5) is 3.85. The van der Waals surface area contributed by atoms with Crippen molar-refractivity contribution in [2.75, 3.05) is 7.11 Å². The minimum absolute atomic E-state index is 0.0160. The molecule has 116 valence electrons. The molecule has 2 aromatic rings. The predicted octanol–water partition coefficient (Wildman–Crippen LogP) is 2.34. The lowest BCUT2D eigenvalue weighted by Gasteiger charge is -2.13. The van der Waals surface area contributed by atoms with Crippen LogP contribution in [0.1, 0.15) is 5.69 Å². The van der Waals surface area contributed by atoms with Gasteiger partial charge < -0.3 is 8.92 Å². The Morgan fingerprint density at radius 3 is 2.45 bits per heavy atom. The topological polar surface area (TPSA) is 89.3 Å². The van der Waals surface area contributed by atoms with Crippen LogP contribution in [0.2, 0.25) is 0 Å². The molecular weight excluding hydrogens is 325 g/mol. The monoisotopic (exact) mass is 332 g/mol. The quantitative estimate of drug-likeness (QED) is 0.633. The minimum atomic E-state index is -5.84. The summed E-state index contributed by atoms with van der Waals surface area (Å²) in [7, 11) is -4.70. The van der Waals surface area contributed by atoms with E-state index in [2.05, 4.69) is 9.17 Å². The van der Waals surface area contributed by atoms with Gasteiger partial charge in [0.2, 0.25) is 0 Å². The molecule has 0 unspecified atom stereocenters. The fourth-order valence-corrected chi connectivity index (χ4v) is 2.04. The predicted molar refractivity (Wildman–Crippen MR) is 68.6 cm³/mol. The van der Waals surface area contributed by atoms with E-state index in [9.17, 15) is 21.6 Å². The van der Waals surface area contributed by atoms with Gasteiger partial charge in [-0.1, -0.05) is 0 Å². The fourth-order valence-electron chi connectivity index (χ4n) is 1.58. The van der Waals surface area contributed by atoms with E-state index >= 15 is 0 Å². The lowest BCUT2D eigenvalue weighted by molar-refractivity contribution is -0.0500. The number of alkyl halides is 3. The van der Waals surface area contributed by atoms with Gasteiger partial charge in [-0.3, -0.25) is 0 Å². The molecule has 0 saturated heterocycles. The molecule has 0 saturated carbocycles. The van der Waals surface area contributed by atoms with Gasteiger partial charge in [0.15, 0.2) is 11.5 Å². The Morgan fingerprint density at radius 1 is 1.23 bits per heavy atom. The molecule has 0 fully saturated rings. The third-order valence-corrected chi connectivity index (χ3v) is 3.54. The first kappa shape index (κ1) is 15.8. The van der Waals surface area contributed by atoms with Crippen LogP contribution < -0.4 is 8.92 Å². The molecule has 0 amide bonds. The summed E-state index contributed by atoms with van der Waals surface area (Å²) in [6, 6.07) is 6.86. The number of hydrogen-bond donors (Lipinski definition) is 0. The number of ether oxygens (including phenoxy) is 1. The number of halogens is 3. The number of aromatic nitrogens is 1. The van der Waals surface area contributed by atoms with Gasteiger partial charge in [-0.2, -0.15) is 26.9 Å². The third-order valence-electron chi connectivity index (χ3n) is 2.57. The smallest absolute Gasteiger partial charge is 0.493 e. The lowest BCUT2D eigenvalue weighted by atomic mass is 10.2. The van der Waals surface area contributed by atoms with Gasteiger partial charge in [0, 0.05) is 11.5 Å². The molecular formula is C12H7F3N2O4S. The Morgan fingerprint density at radius 2 is 1.91 bits per heavy atom. The number of nitriles is 1. The second kappa shape index (κ2) is 5.34. The average Bonchev–Trinajstić information content (AvgIpc) is 2.44. The molecule has 1 heterocycles. The van der Waals surface area contributed by atoms with Crippen molar-refractivity contribution >= 4 is 21.0 Å². The summed E-state index contributed by atoms with van der Waals surface area (Å²) in [6.45, 7) is 0. The maximum atomic E-state index is 12.4. The zero-order chi connectivity index (χ0) is 16.5. The van der Waals surface area contributed by atoms with E-state index in [0.717, 1.165) is 13.2 Å². The van der Waals surface area contributed by atoms with Crippen LogP contribution in [0.15, 0.2) is 24.3 Å². The van der Waals surface area contributed by atoms with Gasteiger partial charge in [0.25, 0.3) is 0 Å². The summed E-state index contributed by atoms with van der Waals surface area (Å²) >= 11 is 0. The normalized spacial score (nSPS) is 12.0. The highest BCUT2D eigenvalue weighted by molar-refractivity contribution is 7.88. The molecule has 0 N–H and O–H groups in total. The van der Waals surface area contributed by atoms with Crippen LogP contribution in [0.5, 0.6) is 11.5 Å². The van der Waals surface area contributed by atoms with E-state index in [1.165, 1.54) is 18.2 Å². The van der Waals surface area contributed by atoms with Gasteiger partial charge in [-0.25, -0.2) is 4.98 Å². The van der Waals surface area contributed by atoms with Crippen LogP contribution in [0.25, 0.3) is 10.9 Å². The van der Waals surface area contributed by atoms with Crippen LogP contribution in [-0.4, -0.2) is 26.0 Å². The second-order valence-corrected chi connectivity index (χ2v) is 5.53. The van der Waals surface area contributed by atoms with Crippen molar-refractivity contribution in [3.8, 4) is 17.6 Å². The Hall–Kier alpha value is -2.54. The highest BCUT2D eigenvalue weighted by Gasteiger charge is 2.49. The summed E-state index contributed by atoms with van der Waals surface area (Å²) in [5.41, 5.74) is -5.47. The molecule has 0 spiro atoms. The Balaban J connectivity index is 2.60. The van der Waals surface area contributed by atoms with Gasteiger partial charge in [-0.15, -0.1) is 0 Å². The first-order valence-electron chi connectivity index (χ1n) is 5.57. The number of pyridine rings is 1. The second-order valence-electron chi connectivity index (χ2n) is 3.99. The number of nitrogens with zero attached hydrogens (tertiary/aromatic N) is 2. The van der Waals surface area contributed by atoms with E-state index in [4.69, 9.17) is 10.00 Å². The summed E-state index contributed by atoms with van der Waals surface area (Å²) in [6.07, 6.45) is 0. The SMILES string of the molecule is COc1cc2ccc(C#N)nc2cc1OS(=O)(=O)C(F)(F)F. The lowest BCUT2D eigenvalue weighted by Crippen LogP contribution is -2.28. The molecule has 6 nitrogen and oxygen atoms in total. The molecule has 10 heteroatoms. The van der Waals surface area contributed by atoms with Crippen molar-refractivity contribution < 1.29 is 30.5 Å². The Labute approximate surface area is 122 Å². The van der Waals surface area contributed by atoms with E-state index in [1.807, 2.05) is 0 Å². The summed E-state index contributed by atoms with van der Waals surface area (Å²) < 4.78 is 68.2. The van der Waals surface area contributed by atoms with E-state index in [1.54, 1.807) is 6.07 Å². The van der Waals surface area contributed by atoms with Crippen molar-refractivity contribution in [2.24, 2.45) is 0 Å². The van der Waals surface area contributed by atoms with Crippen molar-refractivity contribution in [3.63, 3.8) is 0 Å². The van der Waals surface area contributed by atoms with Gasteiger partial charge in [0.1, 0.15) is 11.8 Å². The van der Waals surface area contributed by atoms with Crippen LogP contribution in [0.4, 0.5) is 13.2 Å². The van der Waals surface area contributed by atoms with Gasteiger partial charge in [0.05, 0.1) is 12.6 Å². The molecule has 0 aliphatic heterocycles. The third kappa shape index (κ3) is 2.89. The van der Waals surface area contributed by atoms with Gasteiger partial charge >= 0.3 is 15.6 Å². The van der Waals surface area contributed by atoms with E-state index in [-0.39, 0.29) is 17.0 Å². The van der Waals surface area contributed by atoms with Crippen LogP contribution in [-0.2, 0) is 10.1 Å². The highest BCUT2D eigenvalue weighted by Crippen LogP contribution is 2.35. The van der Waals surface area contributed by atoms with Crippen molar-refractivity contribution in [1.82, 2.24) is 4.98 Å². The van der Waals surface area contributed by atoms with Crippen molar-refractivity contribution in [2.45, 2.75) is 5.51 Å². The van der Waals surface area contributed by atoms with Crippen molar-refractivity contribution in [1.29, 1.82) is 5.26 Å².